The van der Waals surface area contributed by atoms with E-state index in [9.17, 15) is 4.79 Å². The molecule has 1 rings (SSSR count). The van der Waals surface area contributed by atoms with Crippen molar-refractivity contribution >= 4 is 6.09 Å². The lowest BCUT2D eigenvalue weighted by atomic mass is 10.1. The van der Waals surface area contributed by atoms with Crippen molar-refractivity contribution in [1.82, 2.24) is 5.32 Å². The average molecular weight is 235 g/mol. The molecular weight excluding hydrogens is 214 g/mol. The van der Waals surface area contributed by atoms with Gasteiger partial charge in [-0.1, -0.05) is 31.2 Å². The first-order valence-electron chi connectivity index (χ1n) is 5.95. The Bertz CT molecular complexity index is 363. The molecule has 0 spiro atoms. The van der Waals surface area contributed by atoms with E-state index in [4.69, 9.17) is 4.74 Å². The molecule has 0 radical (unpaired) electrons. The fourth-order valence-electron chi connectivity index (χ4n) is 1.38. The minimum absolute atomic E-state index is 0.378. The van der Waals surface area contributed by atoms with E-state index in [1.54, 1.807) is 0 Å². The number of alkyl carbamates (subject to hydrolysis) is 1. The molecule has 0 fully saturated rings. The Morgan fingerprint density at radius 1 is 1.18 bits per heavy atom. The Hall–Kier alpha value is -1.51. The Labute approximate surface area is 103 Å². The van der Waals surface area contributed by atoms with Gasteiger partial charge in [-0.15, -0.1) is 0 Å². The maximum Gasteiger partial charge on any atom is 0.407 e. The average Bonchev–Trinajstić information content (AvgIpc) is 2.25. The fraction of sp³-hybridized carbons (Fsp3) is 0.500. The molecule has 0 aliphatic heterocycles. The summed E-state index contributed by atoms with van der Waals surface area (Å²) in [6.07, 6.45) is 0.650. The van der Waals surface area contributed by atoms with Gasteiger partial charge in [-0.3, -0.25) is 0 Å². The van der Waals surface area contributed by atoms with Crippen LogP contribution in [0.2, 0.25) is 0 Å². The number of amides is 1. The monoisotopic (exact) mass is 235 g/mol. The van der Waals surface area contributed by atoms with Crippen molar-refractivity contribution in [3.8, 4) is 0 Å². The normalized spacial score (nSPS) is 11.1. The van der Waals surface area contributed by atoms with Crippen molar-refractivity contribution in [2.24, 2.45) is 0 Å². The number of hydrogen-bond donors (Lipinski definition) is 1. The van der Waals surface area contributed by atoms with Gasteiger partial charge in [-0.2, -0.15) is 0 Å². The quantitative estimate of drug-likeness (QED) is 0.873. The number of ether oxygens (including phenoxy) is 1. The van der Waals surface area contributed by atoms with E-state index in [-0.39, 0.29) is 6.09 Å². The van der Waals surface area contributed by atoms with E-state index in [1.807, 2.05) is 32.9 Å². The Balaban J connectivity index is 2.42. The molecule has 1 amide bonds. The number of nitrogens with one attached hydrogen (secondary N) is 1. The minimum Gasteiger partial charge on any atom is -0.444 e. The van der Waals surface area contributed by atoms with Gasteiger partial charge in [0.2, 0.25) is 0 Å². The van der Waals surface area contributed by atoms with Crippen LogP contribution in [0, 0.1) is 0 Å². The van der Waals surface area contributed by atoms with Crippen LogP contribution >= 0.6 is 0 Å². The van der Waals surface area contributed by atoms with Crippen molar-refractivity contribution in [2.75, 3.05) is 0 Å². The lowest BCUT2D eigenvalue weighted by Crippen LogP contribution is -2.32. The van der Waals surface area contributed by atoms with E-state index in [0.29, 0.717) is 6.54 Å². The molecule has 0 atom stereocenters. The maximum absolute atomic E-state index is 11.4. The van der Waals surface area contributed by atoms with Crippen molar-refractivity contribution < 1.29 is 9.53 Å². The molecule has 94 valence electrons. The zero-order valence-electron chi connectivity index (χ0n) is 11.0. The van der Waals surface area contributed by atoms with Crippen LogP contribution in [0.1, 0.15) is 38.8 Å². The van der Waals surface area contributed by atoms with E-state index < -0.39 is 5.60 Å². The molecule has 0 saturated heterocycles. The molecular formula is C14H21NO2. The molecule has 0 saturated carbocycles. The molecule has 3 nitrogen and oxygen atoms in total. The predicted molar refractivity (Wildman–Crippen MR) is 68.9 cm³/mol. The summed E-state index contributed by atoms with van der Waals surface area (Å²) in [5, 5.41) is 2.73. The number of rotatable bonds is 3. The smallest absolute Gasteiger partial charge is 0.407 e. The van der Waals surface area contributed by atoms with Crippen LogP contribution in [0.4, 0.5) is 4.79 Å². The maximum atomic E-state index is 11.4. The molecule has 0 aliphatic rings. The largest absolute Gasteiger partial charge is 0.444 e. The molecule has 0 aromatic heterocycles. The second-order valence-corrected chi connectivity index (χ2v) is 5.03. The molecule has 17 heavy (non-hydrogen) atoms. The highest BCUT2D eigenvalue weighted by molar-refractivity contribution is 5.67. The summed E-state index contributed by atoms with van der Waals surface area (Å²) < 4.78 is 5.15. The van der Waals surface area contributed by atoms with E-state index >= 15 is 0 Å². The van der Waals surface area contributed by atoms with Crippen LogP contribution in [-0.4, -0.2) is 11.7 Å². The molecule has 0 heterocycles. The summed E-state index contributed by atoms with van der Waals surface area (Å²) in [5.41, 5.74) is 1.93. The van der Waals surface area contributed by atoms with Gasteiger partial charge in [-0.05, 0) is 38.3 Å². The van der Waals surface area contributed by atoms with Gasteiger partial charge < -0.3 is 10.1 Å². The molecule has 1 N–H and O–H groups in total. The highest BCUT2D eigenvalue weighted by Gasteiger charge is 2.15. The number of carbonyl (C=O) groups excluding carboxylic acids is 1. The second kappa shape index (κ2) is 5.71. The van der Waals surface area contributed by atoms with Crippen LogP contribution in [-0.2, 0) is 17.7 Å². The Morgan fingerprint density at radius 3 is 2.18 bits per heavy atom. The molecule has 0 aliphatic carbocycles. The third kappa shape index (κ3) is 5.38. The minimum atomic E-state index is -0.448. The third-order valence-corrected chi connectivity index (χ3v) is 2.27. The Kier molecular flexibility index (Phi) is 4.55. The number of aryl methyl sites for hydroxylation is 1. The van der Waals surface area contributed by atoms with Crippen LogP contribution in [0.25, 0.3) is 0 Å². The molecule has 3 heteroatoms. The standard InChI is InChI=1S/C14H21NO2/c1-5-11-6-8-12(9-7-11)10-15-13(16)17-14(2,3)4/h6-9H,5,10H2,1-4H3,(H,15,16). The first-order chi connectivity index (χ1) is 7.90. The van der Waals surface area contributed by atoms with Gasteiger partial charge in [0.1, 0.15) is 5.60 Å². The lowest BCUT2D eigenvalue weighted by Gasteiger charge is -2.19. The van der Waals surface area contributed by atoms with Gasteiger partial charge in [0.25, 0.3) is 0 Å². The van der Waals surface area contributed by atoms with Crippen LogP contribution in [0.5, 0.6) is 0 Å². The summed E-state index contributed by atoms with van der Waals surface area (Å²) in [5.74, 6) is 0. The third-order valence-electron chi connectivity index (χ3n) is 2.27. The van der Waals surface area contributed by atoms with Crippen molar-refractivity contribution in [3.05, 3.63) is 35.4 Å². The summed E-state index contributed by atoms with van der Waals surface area (Å²) in [6.45, 7) is 8.17. The van der Waals surface area contributed by atoms with Crippen molar-refractivity contribution in [2.45, 2.75) is 46.3 Å². The summed E-state index contributed by atoms with van der Waals surface area (Å²) >= 11 is 0. The number of benzene rings is 1. The highest BCUT2D eigenvalue weighted by atomic mass is 16.6. The zero-order chi connectivity index (χ0) is 12.9. The number of hydrogen-bond acceptors (Lipinski definition) is 2. The number of carbonyl (C=O) groups is 1. The van der Waals surface area contributed by atoms with E-state index in [0.717, 1.165) is 12.0 Å². The first-order valence-corrected chi connectivity index (χ1v) is 5.95. The predicted octanol–water partition coefficient (Wildman–Crippen LogP) is 3.27. The summed E-state index contributed by atoms with van der Waals surface area (Å²) in [4.78, 5) is 11.4. The van der Waals surface area contributed by atoms with Crippen LogP contribution in [0.3, 0.4) is 0 Å². The fourth-order valence-corrected chi connectivity index (χ4v) is 1.38. The van der Waals surface area contributed by atoms with Crippen molar-refractivity contribution in [1.29, 1.82) is 0 Å². The molecule has 0 unspecified atom stereocenters. The summed E-state index contributed by atoms with van der Waals surface area (Å²) in [7, 11) is 0. The molecule has 1 aromatic carbocycles. The van der Waals surface area contributed by atoms with Crippen LogP contribution in [0.15, 0.2) is 24.3 Å². The van der Waals surface area contributed by atoms with Gasteiger partial charge in [0.05, 0.1) is 0 Å². The highest BCUT2D eigenvalue weighted by Crippen LogP contribution is 2.08. The molecule has 0 bridgehead atoms. The molecule has 1 aromatic rings. The van der Waals surface area contributed by atoms with E-state index in [1.165, 1.54) is 5.56 Å². The second-order valence-electron chi connectivity index (χ2n) is 5.03. The van der Waals surface area contributed by atoms with Gasteiger partial charge in [-0.25, -0.2) is 4.79 Å². The summed E-state index contributed by atoms with van der Waals surface area (Å²) in [6, 6.07) is 8.20. The van der Waals surface area contributed by atoms with Gasteiger partial charge >= 0.3 is 6.09 Å². The Morgan fingerprint density at radius 2 is 1.71 bits per heavy atom. The first kappa shape index (κ1) is 13.6. The van der Waals surface area contributed by atoms with Gasteiger partial charge in [0, 0.05) is 6.54 Å². The van der Waals surface area contributed by atoms with Gasteiger partial charge in [0.15, 0.2) is 0 Å². The van der Waals surface area contributed by atoms with E-state index in [2.05, 4.69) is 24.4 Å². The lowest BCUT2D eigenvalue weighted by molar-refractivity contribution is 0.0523. The SMILES string of the molecule is CCc1ccc(CNC(=O)OC(C)(C)C)cc1. The van der Waals surface area contributed by atoms with Crippen molar-refractivity contribution in [3.63, 3.8) is 0 Å². The topological polar surface area (TPSA) is 38.3 Å². The zero-order valence-corrected chi connectivity index (χ0v) is 11.0. The van der Waals surface area contributed by atoms with Crippen LogP contribution < -0.4 is 5.32 Å².